The van der Waals surface area contributed by atoms with Crippen LogP contribution in [-0.2, 0) is 9.59 Å². The minimum Gasteiger partial charge on any atom is -0.354 e. The molecule has 2 rings (SSSR count). The van der Waals surface area contributed by atoms with Crippen molar-refractivity contribution in [3.63, 3.8) is 0 Å². The van der Waals surface area contributed by atoms with Gasteiger partial charge in [0.1, 0.15) is 16.8 Å². The van der Waals surface area contributed by atoms with Crippen molar-refractivity contribution in [3.8, 4) is 11.3 Å². The van der Waals surface area contributed by atoms with Gasteiger partial charge in [-0.25, -0.2) is 9.07 Å². The Balaban J connectivity index is 2.21. The molecular weight excluding hydrogens is 421 g/mol. The van der Waals surface area contributed by atoms with E-state index in [0.29, 0.717) is 30.6 Å². The predicted octanol–water partition coefficient (Wildman–Crippen LogP) is 3.45. The van der Waals surface area contributed by atoms with Crippen molar-refractivity contribution in [2.75, 3.05) is 6.54 Å². The first kappa shape index (κ1) is 24.3. The number of aromatic nitrogens is 2. The summed E-state index contributed by atoms with van der Waals surface area (Å²) in [5.74, 6) is -0.721. The molecule has 0 aliphatic rings. The molecule has 0 bridgehead atoms. The maximum Gasteiger partial charge on any atom is 0.245 e. The molecule has 2 amide bonds. The second-order valence-corrected chi connectivity index (χ2v) is 8.29. The fourth-order valence-electron chi connectivity index (χ4n) is 2.76. The normalized spacial score (nSPS) is 11.7. The SMILES string of the molecule is CC(C)c1cc(-c2ccc(F)c(Cl)c2)nn(/C=C/CCNC(=O)C(C)(C)NC=O)c1=N. The average molecular weight is 448 g/mol. The fourth-order valence-corrected chi connectivity index (χ4v) is 2.95. The van der Waals surface area contributed by atoms with Gasteiger partial charge in [-0.05, 0) is 50.5 Å². The van der Waals surface area contributed by atoms with Crippen LogP contribution in [0.15, 0.2) is 30.3 Å². The summed E-state index contributed by atoms with van der Waals surface area (Å²) < 4.78 is 15.0. The van der Waals surface area contributed by atoms with E-state index in [-0.39, 0.29) is 22.3 Å². The van der Waals surface area contributed by atoms with Crippen molar-refractivity contribution in [1.82, 2.24) is 20.4 Å². The molecule has 0 spiro atoms. The maximum atomic E-state index is 13.5. The van der Waals surface area contributed by atoms with Crippen LogP contribution in [0.1, 0.15) is 45.6 Å². The molecule has 1 aromatic heterocycles. The summed E-state index contributed by atoms with van der Waals surface area (Å²) in [5, 5.41) is 18.1. The Kier molecular flexibility index (Phi) is 8.10. The quantitative estimate of drug-likeness (QED) is 0.405. The first-order valence-corrected chi connectivity index (χ1v) is 10.2. The lowest BCUT2D eigenvalue weighted by molar-refractivity contribution is -0.128. The summed E-state index contributed by atoms with van der Waals surface area (Å²) in [6.07, 6.45) is 4.44. The van der Waals surface area contributed by atoms with Crippen molar-refractivity contribution >= 4 is 30.1 Å². The Morgan fingerprint density at radius 1 is 1.35 bits per heavy atom. The van der Waals surface area contributed by atoms with Crippen molar-refractivity contribution in [3.05, 3.63) is 52.2 Å². The zero-order valence-corrected chi connectivity index (χ0v) is 18.8. The van der Waals surface area contributed by atoms with Crippen LogP contribution in [0.25, 0.3) is 17.5 Å². The van der Waals surface area contributed by atoms with Gasteiger partial charge in [-0.2, -0.15) is 5.10 Å². The van der Waals surface area contributed by atoms with Gasteiger partial charge in [-0.15, -0.1) is 0 Å². The van der Waals surface area contributed by atoms with Gasteiger partial charge in [0, 0.05) is 23.9 Å². The van der Waals surface area contributed by atoms with Gasteiger partial charge in [-0.3, -0.25) is 15.0 Å². The van der Waals surface area contributed by atoms with Crippen molar-refractivity contribution < 1.29 is 14.0 Å². The standard InChI is InChI=1S/C22H27ClFN5O2/c1-14(2)16-12-19(15-7-8-18(24)17(23)11-15)28-29(20(16)25)10-6-5-9-26-21(31)22(3,4)27-13-30/h6-8,10-14,25H,5,9H2,1-4H3,(H,26,31)(H,27,30)/b10-6+,25-20?. The Bertz CT molecular complexity index is 1050. The number of nitrogens with one attached hydrogen (secondary N) is 3. The molecule has 0 atom stereocenters. The Morgan fingerprint density at radius 2 is 2.06 bits per heavy atom. The number of carbonyl (C=O) groups excluding carboxylic acids is 2. The molecule has 0 fully saturated rings. The van der Waals surface area contributed by atoms with E-state index in [0.717, 1.165) is 5.56 Å². The number of amides is 2. The third-order valence-corrected chi connectivity index (χ3v) is 4.97. The molecule has 0 radical (unpaired) electrons. The molecule has 0 aliphatic heterocycles. The summed E-state index contributed by atoms with van der Waals surface area (Å²) in [6, 6.07) is 6.19. The van der Waals surface area contributed by atoms with Gasteiger partial charge < -0.3 is 10.6 Å². The van der Waals surface area contributed by atoms with Gasteiger partial charge in [0.25, 0.3) is 0 Å². The summed E-state index contributed by atoms with van der Waals surface area (Å²) in [7, 11) is 0. The van der Waals surface area contributed by atoms with E-state index >= 15 is 0 Å². The zero-order valence-electron chi connectivity index (χ0n) is 18.0. The molecule has 0 aliphatic carbocycles. The lowest BCUT2D eigenvalue weighted by atomic mass is 10.0. The molecule has 166 valence electrons. The summed E-state index contributed by atoms with van der Waals surface area (Å²) in [5.41, 5.74) is 1.25. The number of halogens is 2. The molecule has 1 heterocycles. The number of carbonyl (C=O) groups is 2. The van der Waals surface area contributed by atoms with Gasteiger partial charge >= 0.3 is 0 Å². The lowest BCUT2D eigenvalue weighted by Crippen LogP contribution is -2.52. The van der Waals surface area contributed by atoms with E-state index in [4.69, 9.17) is 17.0 Å². The fraction of sp³-hybridized carbons (Fsp3) is 0.364. The van der Waals surface area contributed by atoms with Crippen LogP contribution in [0.2, 0.25) is 5.02 Å². The third kappa shape index (κ3) is 6.24. The second-order valence-electron chi connectivity index (χ2n) is 7.88. The number of benzene rings is 1. The topological polar surface area (TPSA) is 99.9 Å². The average Bonchev–Trinajstić information content (AvgIpc) is 2.70. The number of hydrogen-bond acceptors (Lipinski definition) is 4. The van der Waals surface area contributed by atoms with Crippen LogP contribution in [-0.4, -0.2) is 34.2 Å². The van der Waals surface area contributed by atoms with E-state index in [2.05, 4.69) is 15.7 Å². The third-order valence-electron chi connectivity index (χ3n) is 4.68. The Morgan fingerprint density at radius 3 is 2.68 bits per heavy atom. The highest BCUT2D eigenvalue weighted by atomic mass is 35.5. The highest BCUT2D eigenvalue weighted by molar-refractivity contribution is 6.31. The van der Waals surface area contributed by atoms with E-state index in [1.54, 1.807) is 32.2 Å². The lowest BCUT2D eigenvalue weighted by Gasteiger charge is -2.22. The van der Waals surface area contributed by atoms with Crippen LogP contribution < -0.4 is 16.1 Å². The summed E-state index contributed by atoms with van der Waals surface area (Å²) in [6.45, 7) is 7.54. The van der Waals surface area contributed by atoms with Crippen LogP contribution in [0, 0.1) is 11.2 Å². The molecule has 0 unspecified atom stereocenters. The van der Waals surface area contributed by atoms with Crippen LogP contribution >= 0.6 is 11.6 Å². The van der Waals surface area contributed by atoms with E-state index in [1.165, 1.54) is 16.8 Å². The second kappa shape index (κ2) is 10.3. The van der Waals surface area contributed by atoms with E-state index in [1.807, 2.05) is 19.9 Å². The maximum absolute atomic E-state index is 13.5. The van der Waals surface area contributed by atoms with Crippen molar-refractivity contribution in [2.45, 2.75) is 45.6 Å². The molecule has 1 aromatic carbocycles. The molecule has 3 N–H and O–H groups in total. The Hall–Kier alpha value is -3.00. The molecule has 7 nitrogen and oxygen atoms in total. The highest BCUT2D eigenvalue weighted by Gasteiger charge is 2.25. The summed E-state index contributed by atoms with van der Waals surface area (Å²) in [4.78, 5) is 22.6. The van der Waals surface area contributed by atoms with Gasteiger partial charge in [0.05, 0.1) is 10.7 Å². The van der Waals surface area contributed by atoms with E-state index < -0.39 is 11.4 Å². The zero-order chi connectivity index (χ0) is 23.2. The van der Waals surface area contributed by atoms with Gasteiger partial charge in [0.15, 0.2) is 0 Å². The van der Waals surface area contributed by atoms with Crippen LogP contribution in [0.3, 0.4) is 0 Å². The van der Waals surface area contributed by atoms with Crippen LogP contribution in [0.5, 0.6) is 0 Å². The number of hydrogen-bond donors (Lipinski definition) is 3. The monoisotopic (exact) mass is 447 g/mol. The number of nitrogens with zero attached hydrogens (tertiary/aromatic N) is 2. The summed E-state index contributed by atoms with van der Waals surface area (Å²) >= 11 is 5.91. The minimum absolute atomic E-state index is 0.00479. The molecule has 31 heavy (non-hydrogen) atoms. The first-order valence-electron chi connectivity index (χ1n) is 9.87. The van der Waals surface area contributed by atoms with Gasteiger partial charge in [-0.1, -0.05) is 31.5 Å². The molecule has 0 saturated heterocycles. The van der Waals surface area contributed by atoms with Gasteiger partial charge in [0.2, 0.25) is 12.3 Å². The molecular formula is C22H27ClFN5O2. The highest BCUT2D eigenvalue weighted by Crippen LogP contribution is 2.24. The largest absolute Gasteiger partial charge is 0.354 e. The van der Waals surface area contributed by atoms with Crippen molar-refractivity contribution in [1.29, 1.82) is 5.41 Å². The Labute approximate surface area is 185 Å². The predicted molar refractivity (Wildman–Crippen MR) is 119 cm³/mol. The number of rotatable bonds is 9. The van der Waals surface area contributed by atoms with Crippen LogP contribution in [0.4, 0.5) is 4.39 Å². The molecule has 9 heteroatoms. The molecule has 0 saturated carbocycles. The van der Waals surface area contributed by atoms with E-state index in [9.17, 15) is 14.0 Å². The van der Waals surface area contributed by atoms with Crippen molar-refractivity contribution in [2.24, 2.45) is 0 Å². The minimum atomic E-state index is -0.993. The molecule has 2 aromatic rings. The first-order chi connectivity index (χ1) is 14.6. The smallest absolute Gasteiger partial charge is 0.245 e.